The molecule has 0 N–H and O–H groups in total. The number of benzene rings is 1. The molecule has 0 unspecified atom stereocenters. The third-order valence-corrected chi connectivity index (χ3v) is 2.31. The van der Waals surface area contributed by atoms with E-state index >= 15 is 0 Å². The summed E-state index contributed by atoms with van der Waals surface area (Å²) in [5.74, 6) is 0.605. The average molecular weight is 266 g/mol. The zero-order chi connectivity index (χ0) is 14.3. The van der Waals surface area contributed by atoms with Crippen LogP contribution in [0.2, 0.25) is 0 Å². The fourth-order valence-corrected chi connectivity index (χ4v) is 1.50. The Bertz CT molecular complexity index is 453. The van der Waals surface area contributed by atoms with Gasteiger partial charge in [-0.25, -0.2) is 0 Å². The Morgan fingerprint density at radius 1 is 1.21 bits per heavy atom. The lowest BCUT2D eigenvalue weighted by Gasteiger charge is -2.11. The van der Waals surface area contributed by atoms with E-state index in [1.807, 2.05) is 0 Å². The molecule has 0 atom stereocenters. The van der Waals surface area contributed by atoms with Gasteiger partial charge < -0.3 is 14.2 Å². The van der Waals surface area contributed by atoms with Crippen molar-refractivity contribution in [3.63, 3.8) is 0 Å². The number of carbonyl (C=O) groups excluding carboxylic acids is 2. The van der Waals surface area contributed by atoms with Gasteiger partial charge in [-0.15, -0.1) is 0 Å². The van der Waals surface area contributed by atoms with Crippen molar-refractivity contribution in [2.45, 2.75) is 20.3 Å². The van der Waals surface area contributed by atoms with Crippen molar-refractivity contribution in [1.82, 2.24) is 0 Å². The molecule has 1 aromatic rings. The standard InChI is InChI=1S/C14H18O5/c1-4-18-14(16)8-11-5-6-12(13(7-11)17-3)19-9-10(2)15/h5-7H,4,8-9H2,1-3H3. The van der Waals surface area contributed by atoms with E-state index in [0.29, 0.717) is 18.1 Å². The number of methoxy groups -OCH3 is 1. The molecule has 0 amide bonds. The van der Waals surface area contributed by atoms with Crippen LogP contribution in [0.1, 0.15) is 19.4 Å². The van der Waals surface area contributed by atoms with Crippen molar-refractivity contribution in [3.8, 4) is 11.5 Å². The van der Waals surface area contributed by atoms with Crippen LogP contribution in [0.4, 0.5) is 0 Å². The van der Waals surface area contributed by atoms with Gasteiger partial charge in [0.25, 0.3) is 0 Å². The molecule has 0 spiro atoms. The number of Topliss-reactive ketones (excluding diaryl/α,β-unsaturated/α-hetero) is 1. The Hall–Kier alpha value is -2.04. The molecule has 0 aromatic heterocycles. The molecule has 5 nitrogen and oxygen atoms in total. The first-order valence-corrected chi connectivity index (χ1v) is 6.01. The molecular weight excluding hydrogens is 248 g/mol. The Labute approximate surface area is 112 Å². The lowest BCUT2D eigenvalue weighted by molar-refractivity contribution is -0.142. The number of hydrogen-bond acceptors (Lipinski definition) is 5. The molecule has 0 saturated heterocycles. The number of rotatable bonds is 7. The number of esters is 1. The minimum atomic E-state index is -0.290. The van der Waals surface area contributed by atoms with Gasteiger partial charge in [-0.1, -0.05) is 6.07 Å². The van der Waals surface area contributed by atoms with Crippen molar-refractivity contribution in [3.05, 3.63) is 23.8 Å². The Morgan fingerprint density at radius 2 is 1.95 bits per heavy atom. The molecule has 0 heterocycles. The second-order valence-corrected chi connectivity index (χ2v) is 3.96. The van der Waals surface area contributed by atoms with E-state index in [-0.39, 0.29) is 24.8 Å². The number of hydrogen-bond donors (Lipinski definition) is 0. The second kappa shape index (κ2) is 7.41. The van der Waals surface area contributed by atoms with Crippen LogP contribution in [-0.4, -0.2) is 32.1 Å². The van der Waals surface area contributed by atoms with E-state index in [2.05, 4.69) is 0 Å². The lowest BCUT2D eigenvalue weighted by Crippen LogP contribution is -2.09. The summed E-state index contributed by atoms with van der Waals surface area (Å²) in [4.78, 5) is 22.2. The van der Waals surface area contributed by atoms with E-state index in [4.69, 9.17) is 14.2 Å². The van der Waals surface area contributed by atoms with Crippen molar-refractivity contribution in [1.29, 1.82) is 0 Å². The number of carbonyl (C=O) groups is 2. The first kappa shape index (κ1) is 15.0. The smallest absolute Gasteiger partial charge is 0.310 e. The minimum Gasteiger partial charge on any atom is -0.493 e. The summed E-state index contributed by atoms with van der Waals surface area (Å²) in [6, 6.07) is 5.12. The van der Waals surface area contributed by atoms with Gasteiger partial charge in [-0.2, -0.15) is 0 Å². The van der Waals surface area contributed by atoms with E-state index in [9.17, 15) is 9.59 Å². The topological polar surface area (TPSA) is 61.8 Å². The van der Waals surface area contributed by atoms with Gasteiger partial charge in [-0.05, 0) is 31.5 Å². The highest BCUT2D eigenvalue weighted by Gasteiger charge is 2.10. The highest BCUT2D eigenvalue weighted by Crippen LogP contribution is 2.28. The predicted molar refractivity (Wildman–Crippen MR) is 69.5 cm³/mol. The summed E-state index contributed by atoms with van der Waals surface area (Å²) >= 11 is 0. The summed E-state index contributed by atoms with van der Waals surface area (Å²) in [6.07, 6.45) is 0.178. The van der Waals surface area contributed by atoms with Crippen molar-refractivity contribution < 1.29 is 23.8 Å². The maximum absolute atomic E-state index is 11.4. The van der Waals surface area contributed by atoms with E-state index in [1.165, 1.54) is 14.0 Å². The van der Waals surface area contributed by atoms with Crippen molar-refractivity contribution in [2.24, 2.45) is 0 Å². The zero-order valence-corrected chi connectivity index (χ0v) is 11.4. The molecule has 1 rings (SSSR count). The third-order valence-electron chi connectivity index (χ3n) is 2.31. The van der Waals surface area contributed by atoms with Gasteiger partial charge in [0.2, 0.25) is 0 Å². The largest absolute Gasteiger partial charge is 0.493 e. The van der Waals surface area contributed by atoms with Gasteiger partial charge in [0, 0.05) is 0 Å². The van der Waals surface area contributed by atoms with E-state index < -0.39 is 0 Å². The summed E-state index contributed by atoms with van der Waals surface area (Å²) in [5, 5.41) is 0. The van der Waals surface area contributed by atoms with Crippen LogP contribution in [0.25, 0.3) is 0 Å². The average Bonchev–Trinajstić information content (AvgIpc) is 2.37. The normalized spacial score (nSPS) is 9.84. The minimum absolute atomic E-state index is 0.00637. The molecule has 0 aliphatic carbocycles. The molecule has 0 radical (unpaired) electrons. The van der Waals surface area contributed by atoms with Crippen molar-refractivity contribution >= 4 is 11.8 Å². The fourth-order valence-electron chi connectivity index (χ4n) is 1.50. The lowest BCUT2D eigenvalue weighted by atomic mass is 10.1. The van der Waals surface area contributed by atoms with Crippen LogP contribution >= 0.6 is 0 Å². The quantitative estimate of drug-likeness (QED) is 0.704. The zero-order valence-electron chi connectivity index (χ0n) is 11.4. The maximum atomic E-state index is 11.4. The molecule has 19 heavy (non-hydrogen) atoms. The van der Waals surface area contributed by atoms with Crippen LogP contribution < -0.4 is 9.47 Å². The van der Waals surface area contributed by atoms with Gasteiger partial charge in [0.1, 0.15) is 6.61 Å². The van der Waals surface area contributed by atoms with Crippen molar-refractivity contribution in [2.75, 3.05) is 20.3 Å². The van der Waals surface area contributed by atoms with Crippen LogP contribution in [0, 0.1) is 0 Å². The predicted octanol–water partition coefficient (Wildman–Crippen LogP) is 1.77. The van der Waals surface area contributed by atoms with Gasteiger partial charge in [-0.3, -0.25) is 9.59 Å². The van der Waals surface area contributed by atoms with E-state index in [1.54, 1.807) is 25.1 Å². The first-order valence-electron chi connectivity index (χ1n) is 6.01. The highest BCUT2D eigenvalue weighted by molar-refractivity contribution is 5.77. The molecule has 104 valence electrons. The molecule has 0 fully saturated rings. The molecule has 0 aliphatic heterocycles. The van der Waals surface area contributed by atoms with Crippen LogP contribution in [-0.2, 0) is 20.7 Å². The number of ketones is 1. The third kappa shape index (κ3) is 4.99. The summed E-state index contributed by atoms with van der Waals surface area (Å²) in [7, 11) is 1.50. The van der Waals surface area contributed by atoms with Gasteiger partial charge in [0.15, 0.2) is 17.3 Å². The molecular formula is C14H18O5. The van der Waals surface area contributed by atoms with Crippen LogP contribution in [0.15, 0.2) is 18.2 Å². The summed E-state index contributed by atoms with van der Waals surface area (Å²) in [5.41, 5.74) is 0.769. The second-order valence-electron chi connectivity index (χ2n) is 3.96. The molecule has 0 aliphatic rings. The number of ether oxygens (including phenoxy) is 3. The van der Waals surface area contributed by atoms with Gasteiger partial charge >= 0.3 is 5.97 Å². The highest BCUT2D eigenvalue weighted by atomic mass is 16.5. The van der Waals surface area contributed by atoms with Crippen LogP contribution in [0.3, 0.4) is 0 Å². The molecule has 5 heteroatoms. The Morgan fingerprint density at radius 3 is 2.53 bits per heavy atom. The van der Waals surface area contributed by atoms with Crippen LogP contribution in [0.5, 0.6) is 11.5 Å². The first-order chi connectivity index (χ1) is 9.06. The summed E-state index contributed by atoms with van der Waals surface area (Å²) in [6.45, 7) is 3.56. The fraction of sp³-hybridized carbons (Fsp3) is 0.429. The Balaban J connectivity index is 2.77. The molecule has 0 saturated carbocycles. The molecule has 0 bridgehead atoms. The molecule has 1 aromatic carbocycles. The monoisotopic (exact) mass is 266 g/mol. The van der Waals surface area contributed by atoms with E-state index in [0.717, 1.165) is 5.56 Å². The maximum Gasteiger partial charge on any atom is 0.310 e. The Kier molecular flexibility index (Phi) is 5.85. The summed E-state index contributed by atoms with van der Waals surface area (Å²) < 4.78 is 15.4. The van der Waals surface area contributed by atoms with Gasteiger partial charge in [0.05, 0.1) is 20.1 Å². The SMILES string of the molecule is CCOC(=O)Cc1ccc(OCC(C)=O)c(OC)c1.